The highest BCUT2D eigenvalue weighted by Gasteiger charge is 2.32. The topological polar surface area (TPSA) is 58.1 Å². The minimum absolute atomic E-state index is 0.179. The number of hydrogen-bond donors (Lipinski definition) is 1. The van der Waals surface area contributed by atoms with Gasteiger partial charge in [-0.3, -0.25) is 10.1 Å². The molecule has 0 aromatic carbocycles. The molecular weight excluding hydrogens is 216 g/mol. The Kier molecular flexibility index (Phi) is 2.76. The summed E-state index contributed by atoms with van der Waals surface area (Å²) in [6.07, 6.45) is 6.78. The highest BCUT2D eigenvalue weighted by molar-refractivity contribution is 5.84. The van der Waals surface area contributed by atoms with E-state index in [2.05, 4.69) is 15.3 Å². The minimum atomic E-state index is -0.232. The molecule has 1 N–H and O–H groups in total. The lowest BCUT2D eigenvalue weighted by Gasteiger charge is -2.29. The van der Waals surface area contributed by atoms with Crippen LogP contribution in [0.4, 0.5) is 0 Å². The molecule has 3 rings (SSSR count). The molecule has 1 unspecified atom stereocenters. The SMILES string of the molecule is O=C(C1NCc2ncncc21)N1CCCCC1. The van der Waals surface area contributed by atoms with Gasteiger partial charge in [-0.05, 0) is 19.3 Å². The van der Waals surface area contributed by atoms with Crippen molar-refractivity contribution in [2.24, 2.45) is 0 Å². The Morgan fingerprint density at radius 2 is 2.18 bits per heavy atom. The number of piperidine rings is 1. The molecule has 5 heteroatoms. The summed E-state index contributed by atoms with van der Waals surface area (Å²) in [5.41, 5.74) is 1.90. The lowest BCUT2D eigenvalue weighted by atomic mass is 10.1. The molecular formula is C12H16N4O. The van der Waals surface area contributed by atoms with Crippen LogP contribution in [0.5, 0.6) is 0 Å². The van der Waals surface area contributed by atoms with Crippen LogP contribution in [0, 0.1) is 0 Å². The second-order valence-electron chi connectivity index (χ2n) is 4.62. The monoisotopic (exact) mass is 232 g/mol. The normalized spacial score (nSPS) is 23.5. The summed E-state index contributed by atoms with van der Waals surface area (Å²) in [5.74, 6) is 0.179. The minimum Gasteiger partial charge on any atom is -0.341 e. The van der Waals surface area contributed by atoms with Crippen molar-refractivity contribution in [2.75, 3.05) is 13.1 Å². The van der Waals surface area contributed by atoms with Gasteiger partial charge < -0.3 is 4.90 Å². The Labute approximate surface area is 100 Å². The van der Waals surface area contributed by atoms with E-state index in [1.54, 1.807) is 6.20 Å². The fourth-order valence-electron chi connectivity index (χ4n) is 2.58. The zero-order valence-corrected chi connectivity index (χ0v) is 9.72. The van der Waals surface area contributed by atoms with E-state index in [0.29, 0.717) is 6.54 Å². The molecule has 0 radical (unpaired) electrons. The van der Waals surface area contributed by atoms with Crippen molar-refractivity contribution in [3.8, 4) is 0 Å². The smallest absolute Gasteiger partial charge is 0.244 e. The van der Waals surface area contributed by atoms with Gasteiger partial charge in [-0.15, -0.1) is 0 Å². The largest absolute Gasteiger partial charge is 0.341 e. The molecule has 17 heavy (non-hydrogen) atoms. The third-order valence-corrected chi connectivity index (χ3v) is 3.53. The summed E-state index contributed by atoms with van der Waals surface area (Å²) in [6, 6.07) is -0.232. The number of fused-ring (bicyclic) bond motifs is 1. The maximum Gasteiger partial charge on any atom is 0.244 e. The first kappa shape index (κ1) is 10.7. The molecule has 0 aliphatic carbocycles. The van der Waals surface area contributed by atoms with Gasteiger partial charge in [-0.1, -0.05) is 0 Å². The summed E-state index contributed by atoms with van der Waals surface area (Å²) in [7, 11) is 0. The molecule has 1 aromatic rings. The number of amides is 1. The average Bonchev–Trinajstić information content (AvgIpc) is 2.83. The summed E-state index contributed by atoms with van der Waals surface area (Å²) in [6.45, 7) is 2.45. The summed E-state index contributed by atoms with van der Waals surface area (Å²) in [5, 5.41) is 3.23. The Balaban J connectivity index is 1.79. The number of carbonyl (C=O) groups is 1. The lowest BCUT2D eigenvalue weighted by molar-refractivity contribution is -0.134. The fraction of sp³-hybridized carbons (Fsp3) is 0.583. The van der Waals surface area contributed by atoms with Gasteiger partial charge in [0.2, 0.25) is 5.91 Å². The van der Waals surface area contributed by atoms with E-state index in [4.69, 9.17) is 0 Å². The van der Waals surface area contributed by atoms with E-state index in [0.717, 1.165) is 37.2 Å². The molecule has 5 nitrogen and oxygen atoms in total. The predicted octanol–water partition coefficient (Wildman–Crippen LogP) is 0.633. The van der Waals surface area contributed by atoms with E-state index in [9.17, 15) is 4.79 Å². The predicted molar refractivity (Wildman–Crippen MR) is 62.0 cm³/mol. The van der Waals surface area contributed by atoms with Gasteiger partial charge in [0.05, 0.1) is 5.69 Å². The van der Waals surface area contributed by atoms with Crippen LogP contribution in [0.25, 0.3) is 0 Å². The van der Waals surface area contributed by atoms with Crippen LogP contribution in [0.3, 0.4) is 0 Å². The fourth-order valence-corrected chi connectivity index (χ4v) is 2.58. The van der Waals surface area contributed by atoms with Crippen LogP contribution in [0.1, 0.15) is 36.6 Å². The van der Waals surface area contributed by atoms with Crippen LogP contribution in [-0.4, -0.2) is 33.9 Å². The van der Waals surface area contributed by atoms with Crippen molar-refractivity contribution in [1.82, 2.24) is 20.2 Å². The van der Waals surface area contributed by atoms with Gasteiger partial charge in [0.1, 0.15) is 12.4 Å². The number of hydrogen-bond acceptors (Lipinski definition) is 4. The summed E-state index contributed by atoms with van der Waals surface area (Å²) >= 11 is 0. The number of nitrogens with one attached hydrogen (secondary N) is 1. The third-order valence-electron chi connectivity index (χ3n) is 3.53. The number of nitrogens with zero attached hydrogens (tertiary/aromatic N) is 3. The number of carbonyl (C=O) groups excluding carboxylic acids is 1. The quantitative estimate of drug-likeness (QED) is 0.771. The first-order valence-electron chi connectivity index (χ1n) is 6.17. The molecule has 0 bridgehead atoms. The summed E-state index contributed by atoms with van der Waals surface area (Å²) in [4.78, 5) is 22.5. The van der Waals surface area contributed by atoms with Crippen molar-refractivity contribution in [2.45, 2.75) is 31.8 Å². The Morgan fingerprint density at radius 1 is 1.35 bits per heavy atom. The zero-order chi connectivity index (χ0) is 11.7. The molecule has 1 atom stereocenters. The first-order valence-corrected chi connectivity index (χ1v) is 6.17. The van der Waals surface area contributed by atoms with Crippen LogP contribution in [0.15, 0.2) is 12.5 Å². The van der Waals surface area contributed by atoms with Gasteiger partial charge in [-0.25, -0.2) is 9.97 Å². The van der Waals surface area contributed by atoms with Crippen molar-refractivity contribution >= 4 is 5.91 Å². The van der Waals surface area contributed by atoms with Gasteiger partial charge in [0.15, 0.2) is 0 Å². The molecule has 1 saturated heterocycles. The molecule has 2 aliphatic rings. The van der Waals surface area contributed by atoms with Gasteiger partial charge >= 0.3 is 0 Å². The second kappa shape index (κ2) is 4.41. The van der Waals surface area contributed by atoms with E-state index in [1.807, 2.05) is 4.90 Å². The molecule has 1 aromatic heterocycles. The molecule has 0 saturated carbocycles. The molecule has 3 heterocycles. The van der Waals surface area contributed by atoms with Gasteiger partial charge in [-0.2, -0.15) is 0 Å². The number of aromatic nitrogens is 2. The van der Waals surface area contributed by atoms with E-state index in [-0.39, 0.29) is 11.9 Å². The molecule has 0 spiro atoms. The van der Waals surface area contributed by atoms with Gasteiger partial charge in [0, 0.05) is 31.4 Å². The maximum absolute atomic E-state index is 12.4. The van der Waals surface area contributed by atoms with E-state index >= 15 is 0 Å². The van der Waals surface area contributed by atoms with Gasteiger partial charge in [0.25, 0.3) is 0 Å². The molecule has 1 fully saturated rings. The van der Waals surface area contributed by atoms with Crippen LogP contribution >= 0.6 is 0 Å². The maximum atomic E-state index is 12.4. The number of likely N-dealkylation sites (tertiary alicyclic amines) is 1. The lowest BCUT2D eigenvalue weighted by Crippen LogP contribution is -2.41. The molecule has 1 amide bonds. The summed E-state index contributed by atoms with van der Waals surface area (Å²) < 4.78 is 0. The van der Waals surface area contributed by atoms with Crippen molar-refractivity contribution < 1.29 is 4.79 Å². The van der Waals surface area contributed by atoms with E-state index in [1.165, 1.54) is 12.7 Å². The standard InChI is InChI=1S/C12H16N4O/c17-12(16-4-2-1-3-5-16)11-9-6-13-8-15-10(9)7-14-11/h6,8,11,14H,1-5,7H2. The number of rotatable bonds is 1. The third kappa shape index (κ3) is 1.91. The Bertz CT molecular complexity index is 428. The molecule has 90 valence electrons. The van der Waals surface area contributed by atoms with Crippen molar-refractivity contribution in [1.29, 1.82) is 0 Å². The highest BCUT2D eigenvalue weighted by atomic mass is 16.2. The Hall–Kier alpha value is -1.49. The Morgan fingerprint density at radius 3 is 3.00 bits per heavy atom. The second-order valence-corrected chi connectivity index (χ2v) is 4.62. The zero-order valence-electron chi connectivity index (χ0n) is 9.72. The van der Waals surface area contributed by atoms with Crippen LogP contribution < -0.4 is 5.32 Å². The average molecular weight is 232 g/mol. The van der Waals surface area contributed by atoms with Crippen molar-refractivity contribution in [3.05, 3.63) is 23.8 Å². The highest BCUT2D eigenvalue weighted by Crippen LogP contribution is 2.25. The van der Waals surface area contributed by atoms with E-state index < -0.39 is 0 Å². The van der Waals surface area contributed by atoms with Crippen molar-refractivity contribution in [3.63, 3.8) is 0 Å². The van der Waals surface area contributed by atoms with Crippen LogP contribution in [-0.2, 0) is 11.3 Å². The van der Waals surface area contributed by atoms with Crippen LogP contribution in [0.2, 0.25) is 0 Å². The molecule has 2 aliphatic heterocycles. The first-order chi connectivity index (χ1) is 8.36.